The van der Waals surface area contributed by atoms with E-state index >= 15 is 0 Å². The van der Waals surface area contributed by atoms with Crippen LogP contribution in [0, 0.1) is 5.92 Å². The maximum absolute atomic E-state index is 13.4. The van der Waals surface area contributed by atoms with Gasteiger partial charge in [0.25, 0.3) is 5.91 Å². The average molecular weight is 594 g/mol. The fourth-order valence-electron chi connectivity index (χ4n) is 5.20. The Hall–Kier alpha value is -3.96. The van der Waals surface area contributed by atoms with E-state index in [4.69, 9.17) is 9.47 Å². The van der Waals surface area contributed by atoms with Gasteiger partial charge < -0.3 is 30.7 Å². The Morgan fingerprint density at radius 2 is 1.74 bits per heavy atom. The molecule has 4 rings (SSSR count). The standard InChI is InChI=1S/C32H43N5O6/c1-21(2)15-25-20-43-28-10-5-4-9-26(28)31(40)36-27(17-29(38)34-22(3)30(39)35-25)32(41)33-18-23-7-6-8-24(16-23)19-37-11-13-42-14-12-37/h4-10,16,21-22,25,27H,11-15,17-20H2,1-3H3,(H,33,41)(H,34,38)(H,35,39)(H,36,40)/t22-,25-,27-/m0/s1. The van der Waals surface area contributed by atoms with E-state index in [1.54, 1.807) is 31.2 Å². The van der Waals surface area contributed by atoms with Gasteiger partial charge in [-0.3, -0.25) is 24.1 Å². The van der Waals surface area contributed by atoms with Gasteiger partial charge in [0.1, 0.15) is 24.4 Å². The van der Waals surface area contributed by atoms with E-state index in [1.807, 2.05) is 38.1 Å². The predicted molar refractivity (Wildman–Crippen MR) is 161 cm³/mol. The highest BCUT2D eigenvalue weighted by Gasteiger charge is 2.28. The summed E-state index contributed by atoms with van der Waals surface area (Å²) in [5.41, 5.74) is 2.26. The first-order valence-corrected chi connectivity index (χ1v) is 15.0. The van der Waals surface area contributed by atoms with Crippen molar-refractivity contribution in [3.05, 3.63) is 65.2 Å². The second-order valence-electron chi connectivity index (χ2n) is 11.6. The van der Waals surface area contributed by atoms with Crippen LogP contribution in [-0.4, -0.2) is 79.6 Å². The third-order valence-electron chi connectivity index (χ3n) is 7.42. The molecule has 0 saturated carbocycles. The Morgan fingerprint density at radius 3 is 2.51 bits per heavy atom. The van der Waals surface area contributed by atoms with Gasteiger partial charge in [0, 0.05) is 26.2 Å². The lowest BCUT2D eigenvalue weighted by atomic mass is 10.0. The molecule has 4 N–H and O–H groups in total. The maximum atomic E-state index is 13.4. The summed E-state index contributed by atoms with van der Waals surface area (Å²) in [6, 6.07) is 12.3. The van der Waals surface area contributed by atoms with Crippen molar-refractivity contribution in [2.45, 2.75) is 64.8 Å². The lowest BCUT2D eigenvalue weighted by molar-refractivity contribution is -0.131. The summed E-state index contributed by atoms with van der Waals surface area (Å²) in [4.78, 5) is 55.0. The highest BCUT2D eigenvalue weighted by Crippen LogP contribution is 2.20. The second-order valence-corrected chi connectivity index (χ2v) is 11.6. The summed E-state index contributed by atoms with van der Waals surface area (Å²) in [7, 11) is 0. The zero-order valence-corrected chi connectivity index (χ0v) is 25.2. The first kappa shape index (κ1) is 32.0. The summed E-state index contributed by atoms with van der Waals surface area (Å²) in [6.07, 6.45) is 0.309. The van der Waals surface area contributed by atoms with Gasteiger partial charge >= 0.3 is 0 Å². The van der Waals surface area contributed by atoms with Gasteiger partial charge in [-0.1, -0.05) is 50.2 Å². The van der Waals surface area contributed by atoms with Gasteiger partial charge in [0.05, 0.1) is 31.2 Å². The van der Waals surface area contributed by atoms with Crippen molar-refractivity contribution in [2.75, 3.05) is 32.9 Å². The molecule has 2 aromatic rings. The SMILES string of the molecule is CC(C)C[C@H]1COc2ccccc2C(=O)N[C@H](C(=O)NCc2cccc(CN3CCOCC3)c2)CC(=O)N[C@@H](C)C(=O)N1. The summed E-state index contributed by atoms with van der Waals surface area (Å²) in [5.74, 6) is -1.32. The minimum Gasteiger partial charge on any atom is -0.491 e. The number of nitrogens with one attached hydrogen (secondary N) is 4. The smallest absolute Gasteiger partial charge is 0.255 e. The van der Waals surface area contributed by atoms with E-state index < -0.39 is 29.8 Å². The van der Waals surface area contributed by atoms with Crippen LogP contribution in [0.15, 0.2) is 48.5 Å². The highest BCUT2D eigenvalue weighted by molar-refractivity contribution is 6.01. The molecule has 1 fully saturated rings. The fourth-order valence-corrected chi connectivity index (χ4v) is 5.20. The van der Waals surface area contributed by atoms with Crippen molar-refractivity contribution in [1.29, 1.82) is 0 Å². The summed E-state index contributed by atoms with van der Waals surface area (Å²) in [5, 5.41) is 11.2. The Morgan fingerprint density at radius 1 is 1.00 bits per heavy atom. The van der Waals surface area contributed by atoms with Crippen molar-refractivity contribution in [2.24, 2.45) is 5.92 Å². The Kier molecular flexibility index (Phi) is 11.5. The summed E-state index contributed by atoms with van der Waals surface area (Å²) >= 11 is 0. The zero-order valence-electron chi connectivity index (χ0n) is 25.2. The second kappa shape index (κ2) is 15.5. The average Bonchev–Trinajstić information content (AvgIpc) is 2.98. The molecular weight excluding hydrogens is 550 g/mol. The third-order valence-corrected chi connectivity index (χ3v) is 7.42. The molecule has 0 aliphatic carbocycles. The van der Waals surface area contributed by atoms with Crippen LogP contribution < -0.4 is 26.0 Å². The number of morpholine rings is 1. The molecule has 1 saturated heterocycles. The topological polar surface area (TPSA) is 138 Å². The minimum absolute atomic E-state index is 0.142. The van der Waals surface area contributed by atoms with Gasteiger partial charge in [0.15, 0.2) is 0 Å². The number of carbonyl (C=O) groups is 4. The van der Waals surface area contributed by atoms with Gasteiger partial charge in [-0.2, -0.15) is 0 Å². The molecule has 11 nitrogen and oxygen atoms in total. The number of amides is 4. The van der Waals surface area contributed by atoms with E-state index in [-0.39, 0.29) is 43.0 Å². The number of hydrogen-bond donors (Lipinski definition) is 4. The minimum atomic E-state index is -1.18. The molecule has 4 amide bonds. The molecule has 0 unspecified atom stereocenters. The normalized spacial score (nSPS) is 22.3. The Labute approximate surface area is 253 Å². The molecule has 0 bridgehead atoms. The number of rotatable bonds is 7. The molecule has 3 atom stereocenters. The summed E-state index contributed by atoms with van der Waals surface area (Å²) in [6.45, 7) is 9.99. The molecule has 2 aliphatic heterocycles. The van der Waals surface area contributed by atoms with Gasteiger partial charge in [-0.15, -0.1) is 0 Å². The van der Waals surface area contributed by atoms with Gasteiger partial charge in [-0.05, 0) is 42.5 Å². The van der Waals surface area contributed by atoms with Crippen LogP contribution in [0.1, 0.15) is 55.1 Å². The molecule has 0 aromatic heterocycles. The van der Waals surface area contributed by atoms with E-state index in [1.165, 1.54) is 0 Å². The molecule has 232 valence electrons. The molecule has 2 aromatic carbocycles. The van der Waals surface area contributed by atoms with Crippen LogP contribution in [0.4, 0.5) is 0 Å². The number of ether oxygens (including phenoxy) is 2. The first-order chi connectivity index (χ1) is 20.7. The number of nitrogens with zero attached hydrogens (tertiary/aromatic N) is 1. The Bertz CT molecular complexity index is 1280. The van der Waals surface area contributed by atoms with E-state index in [0.29, 0.717) is 12.2 Å². The molecule has 2 heterocycles. The van der Waals surface area contributed by atoms with Crippen molar-refractivity contribution in [1.82, 2.24) is 26.2 Å². The zero-order chi connectivity index (χ0) is 30.8. The summed E-state index contributed by atoms with van der Waals surface area (Å²) < 4.78 is 11.4. The number of fused-ring (bicyclic) bond motifs is 1. The van der Waals surface area contributed by atoms with Gasteiger partial charge in [-0.25, -0.2) is 0 Å². The van der Waals surface area contributed by atoms with Crippen LogP contribution in [0.3, 0.4) is 0 Å². The van der Waals surface area contributed by atoms with Crippen LogP contribution >= 0.6 is 0 Å². The predicted octanol–water partition coefficient (Wildman–Crippen LogP) is 1.75. The number of hydrogen-bond acceptors (Lipinski definition) is 7. The lowest BCUT2D eigenvalue weighted by Gasteiger charge is -2.26. The van der Waals surface area contributed by atoms with Crippen LogP contribution in [-0.2, 0) is 32.2 Å². The third kappa shape index (κ3) is 9.79. The molecular formula is C32H43N5O6. The number of carbonyl (C=O) groups excluding carboxylic acids is 4. The van der Waals surface area contributed by atoms with E-state index in [0.717, 1.165) is 44.0 Å². The van der Waals surface area contributed by atoms with Crippen LogP contribution in [0.2, 0.25) is 0 Å². The first-order valence-electron chi connectivity index (χ1n) is 15.0. The largest absolute Gasteiger partial charge is 0.491 e. The van der Waals surface area contributed by atoms with Crippen LogP contribution in [0.5, 0.6) is 5.75 Å². The van der Waals surface area contributed by atoms with Crippen molar-refractivity contribution >= 4 is 23.6 Å². The van der Waals surface area contributed by atoms with E-state index in [9.17, 15) is 19.2 Å². The molecule has 43 heavy (non-hydrogen) atoms. The van der Waals surface area contributed by atoms with Crippen molar-refractivity contribution in [3.63, 3.8) is 0 Å². The lowest BCUT2D eigenvalue weighted by Crippen LogP contribution is -2.53. The molecule has 2 aliphatic rings. The Balaban J connectivity index is 1.48. The molecule has 0 spiro atoms. The fraction of sp³-hybridized carbons (Fsp3) is 0.500. The number of para-hydroxylation sites is 1. The quantitative estimate of drug-likeness (QED) is 0.384. The van der Waals surface area contributed by atoms with Crippen molar-refractivity contribution in [3.8, 4) is 5.75 Å². The van der Waals surface area contributed by atoms with Crippen LogP contribution in [0.25, 0.3) is 0 Å². The maximum Gasteiger partial charge on any atom is 0.255 e. The van der Waals surface area contributed by atoms with E-state index in [2.05, 4.69) is 26.2 Å². The molecule has 11 heteroatoms. The van der Waals surface area contributed by atoms with Crippen molar-refractivity contribution < 1.29 is 28.7 Å². The monoisotopic (exact) mass is 593 g/mol. The molecule has 0 radical (unpaired) electrons. The number of benzene rings is 2. The highest BCUT2D eigenvalue weighted by atomic mass is 16.5. The van der Waals surface area contributed by atoms with Gasteiger partial charge in [0.2, 0.25) is 17.7 Å².